The van der Waals surface area contributed by atoms with Crippen molar-refractivity contribution >= 4 is 24.0 Å². The lowest BCUT2D eigenvalue weighted by atomic mass is 10.1. The van der Waals surface area contributed by atoms with Crippen molar-refractivity contribution in [3.63, 3.8) is 0 Å². The van der Waals surface area contributed by atoms with E-state index < -0.39 is 5.97 Å². The number of carboxylic acids is 1. The molecule has 1 aromatic rings. The van der Waals surface area contributed by atoms with Crippen LogP contribution >= 0.6 is 0 Å². The van der Waals surface area contributed by atoms with Gasteiger partial charge in [-0.25, -0.2) is 4.79 Å². The number of hydrogen-bond acceptors (Lipinski definition) is 3. The van der Waals surface area contributed by atoms with Crippen molar-refractivity contribution in [1.29, 1.82) is 0 Å². The van der Waals surface area contributed by atoms with E-state index in [1.54, 1.807) is 18.2 Å². The standard InChI is InChI=1S/C12H13NO3/c1-2-13-11-5-3-4-9(8-14)10(11)6-7-12(15)16/h3-8,13H,2H2,1H3,(H,15,16). The Balaban J connectivity index is 3.18. The molecule has 0 radical (unpaired) electrons. The Morgan fingerprint density at radius 1 is 1.50 bits per heavy atom. The van der Waals surface area contributed by atoms with Gasteiger partial charge in [0, 0.05) is 29.4 Å². The number of anilines is 1. The Morgan fingerprint density at radius 3 is 2.81 bits per heavy atom. The molecule has 0 fully saturated rings. The highest BCUT2D eigenvalue weighted by atomic mass is 16.4. The van der Waals surface area contributed by atoms with Crippen LogP contribution in [0, 0.1) is 0 Å². The monoisotopic (exact) mass is 219 g/mol. The minimum absolute atomic E-state index is 0.468. The number of carbonyl (C=O) groups excluding carboxylic acids is 1. The van der Waals surface area contributed by atoms with Crippen molar-refractivity contribution in [3.8, 4) is 0 Å². The average Bonchev–Trinajstić information content (AvgIpc) is 2.27. The maximum atomic E-state index is 10.8. The molecular formula is C12H13NO3. The lowest BCUT2D eigenvalue weighted by Gasteiger charge is -2.09. The third-order valence-corrected chi connectivity index (χ3v) is 2.03. The van der Waals surface area contributed by atoms with Crippen LogP contribution in [0.1, 0.15) is 22.8 Å². The van der Waals surface area contributed by atoms with Crippen LogP contribution in [0.3, 0.4) is 0 Å². The fourth-order valence-electron chi connectivity index (χ4n) is 1.37. The Bertz CT molecular complexity index is 424. The molecule has 16 heavy (non-hydrogen) atoms. The van der Waals surface area contributed by atoms with E-state index in [1.807, 2.05) is 6.92 Å². The number of rotatable bonds is 5. The van der Waals surface area contributed by atoms with Crippen molar-refractivity contribution in [3.05, 3.63) is 35.4 Å². The van der Waals surface area contributed by atoms with Gasteiger partial charge in [0.05, 0.1) is 0 Å². The number of carboxylic acid groups (broad SMARTS) is 1. The van der Waals surface area contributed by atoms with E-state index in [2.05, 4.69) is 5.32 Å². The molecule has 4 heteroatoms. The van der Waals surface area contributed by atoms with E-state index in [9.17, 15) is 9.59 Å². The summed E-state index contributed by atoms with van der Waals surface area (Å²) < 4.78 is 0. The average molecular weight is 219 g/mol. The van der Waals surface area contributed by atoms with Crippen LogP contribution < -0.4 is 5.32 Å². The molecule has 0 bridgehead atoms. The molecule has 0 aliphatic rings. The number of benzene rings is 1. The molecule has 0 saturated heterocycles. The first-order chi connectivity index (χ1) is 7.69. The Kier molecular flexibility index (Phi) is 4.27. The molecule has 0 amide bonds. The fraction of sp³-hybridized carbons (Fsp3) is 0.167. The van der Waals surface area contributed by atoms with Gasteiger partial charge in [-0.2, -0.15) is 0 Å². The van der Waals surface area contributed by atoms with Crippen molar-refractivity contribution in [2.75, 3.05) is 11.9 Å². The van der Waals surface area contributed by atoms with Gasteiger partial charge in [-0.3, -0.25) is 4.79 Å². The zero-order valence-electron chi connectivity index (χ0n) is 8.93. The van der Waals surface area contributed by atoms with Crippen LogP contribution in [0.25, 0.3) is 6.08 Å². The van der Waals surface area contributed by atoms with Gasteiger partial charge in [0.1, 0.15) is 0 Å². The summed E-state index contributed by atoms with van der Waals surface area (Å²) in [6, 6.07) is 5.20. The minimum Gasteiger partial charge on any atom is -0.478 e. The van der Waals surface area contributed by atoms with Crippen molar-refractivity contribution in [2.24, 2.45) is 0 Å². The smallest absolute Gasteiger partial charge is 0.328 e. The maximum Gasteiger partial charge on any atom is 0.328 e. The Labute approximate surface area is 93.6 Å². The second kappa shape index (κ2) is 5.70. The molecule has 0 aliphatic carbocycles. The van der Waals surface area contributed by atoms with Crippen LogP contribution in [-0.4, -0.2) is 23.9 Å². The lowest BCUT2D eigenvalue weighted by molar-refractivity contribution is -0.131. The molecule has 1 rings (SSSR count). The lowest BCUT2D eigenvalue weighted by Crippen LogP contribution is -2.01. The van der Waals surface area contributed by atoms with E-state index in [4.69, 9.17) is 5.11 Å². The molecule has 0 heterocycles. The first kappa shape index (κ1) is 12.0. The first-order valence-electron chi connectivity index (χ1n) is 4.92. The molecule has 0 aromatic heterocycles. The summed E-state index contributed by atoms with van der Waals surface area (Å²) in [5, 5.41) is 11.6. The number of hydrogen-bond donors (Lipinski definition) is 2. The molecule has 0 spiro atoms. The van der Waals surface area contributed by atoms with E-state index in [0.717, 1.165) is 11.8 Å². The van der Waals surface area contributed by atoms with Crippen LogP contribution in [0.15, 0.2) is 24.3 Å². The normalized spacial score (nSPS) is 10.3. The summed E-state index contributed by atoms with van der Waals surface area (Å²) in [6.07, 6.45) is 3.15. The Morgan fingerprint density at radius 2 is 2.25 bits per heavy atom. The van der Waals surface area contributed by atoms with Gasteiger partial charge in [-0.05, 0) is 19.1 Å². The van der Waals surface area contributed by atoms with E-state index in [-0.39, 0.29) is 0 Å². The third-order valence-electron chi connectivity index (χ3n) is 2.03. The Hall–Kier alpha value is -2.10. The molecule has 84 valence electrons. The fourth-order valence-corrected chi connectivity index (χ4v) is 1.37. The molecule has 0 atom stereocenters. The molecule has 2 N–H and O–H groups in total. The van der Waals surface area contributed by atoms with E-state index in [0.29, 0.717) is 24.0 Å². The van der Waals surface area contributed by atoms with Gasteiger partial charge >= 0.3 is 5.97 Å². The van der Waals surface area contributed by atoms with Crippen LogP contribution in [0.2, 0.25) is 0 Å². The number of nitrogens with one attached hydrogen (secondary N) is 1. The van der Waals surface area contributed by atoms with Crippen LogP contribution in [0.5, 0.6) is 0 Å². The highest BCUT2D eigenvalue weighted by Crippen LogP contribution is 2.20. The van der Waals surface area contributed by atoms with Gasteiger partial charge in [-0.15, -0.1) is 0 Å². The zero-order valence-corrected chi connectivity index (χ0v) is 8.93. The van der Waals surface area contributed by atoms with Crippen molar-refractivity contribution in [1.82, 2.24) is 0 Å². The third kappa shape index (κ3) is 2.95. The maximum absolute atomic E-state index is 10.8. The van der Waals surface area contributed by atoms with Gasteiger partial charge in [-0.1, -0.05) is 12.1 Å². The van der Waals surface area contributed by atoms with E-state index in [1.165, 1.54) is 6.08 Å². The topological polar surface area (TPSA) is 66.4 Å². The highest BCUT2D eigenvalue weighted by molar-refractivity contribution is 5.92. The predicted molar refractivity (Wildman–Crippen MR) is 62.7 cm³/mol. The summed E-state index contributed by atoms with van der Waals surface area (Å²) in [7, 11) is 0. The molecule has 4 nitrogen and oxygen atoms in total. The largest absolute Gasteiger partial charge is 0.478 e. The molecule has 1 aromatic carbocycles. The predicted octanol–water partition coefficient (Wildman–Crippen LogP) is 2.03. The second-order valence-electron chi connectivity index (χ2n) is 3.13. The summed E-state index contributed by atoms with van der Waals surface area (Å²) >= 11 is 0. The quantitative estimate of drug-likeness (QED) is 0.587. The second-order valence-corrected chi connectivity index (χ2v) is 3.13. The molecule has 0 unspecified atom stereocenters. The summed E-state index contributed by atoms with van der Waals surface area (Å²) in [6.45, 7) is 2.63. The van der Waals surface area contributed by atoms with Gasteiger partial charge in [0.15, 0.2) is 6.29 Å². The van der Waals surface area contributed by atoms with Gasteiger partial charge in [0.25, 0.3) is 0 Å². The zero-order chi connectivity index (χ0) is 12.0. The number of carbonyl (C=O) groups is 2. The molecular weight excluding hydrogens is 206 g/mol. The highest BCUT2D eigenvalue weighted by Gasteiger charge is 2.04. The SMILES string of the molecule is CCNc1cccc(C=O)c1C=CC(=O)O. The van der Waals surface area contributed by atoms with Crippen LogP contribution in [0.4, 0.5) is 5.69 Å². The summed E-state index contributed by atoms with van der Waals surface area (Å²) in [5.41, 5.74) is 1.82. The van der Waals surface area contributed by atoms with Crippen molar-refractivity contribution < 1.29 is 14.7 Å². The van der Waals surface area contributed by atoms with Crippen molar-refractivity contribution in [2.45, 2.75) is 6.92 Å². The summed E-state index contributed by atoms with van der Waals surface area (Å²) in [4.78, 5) is 21.3. The molecule has 0 aliphatic heterocycles. The summed E-state index contributed by atoms with van der Waals surface area (Å²) in [5.74, 6) is -1.04. The number of aldehydes is 1. The van der Waals surface area contributed by atoms with Gasteiger partial charge < -0.3 is 10.4 Å². The van der Waals surface area contributed by atoms with E-state index >= 15 is 0 Å². The first-order valence-corrected chi connectivity index (χ1v) is 4.92. The van der Waals surface area contributed by atoms with Crippen LogP contribution in [-0.2, 0) is 4.79 Å². The minimum atomic E-state index is -1.04. The molecule has 0 saturated carbocycles. The van der Waals surface area contributed by atoms with Gasteiger partial charge in [0.2, 0.25) is 0 Å². The number of aliphatic carboxylic acids is 1.